The van der Waals surface area contributed by atoms with Crippen molar-refractivity contribution in [1.82, 2.24) is 0 Å². The third-order valence-corrected chi connectivity index (χ3v) is 2.77. The normalized spacial score (nSPS) is 9.29. The smallest absolute Gasteiger partial charge is 0.191 e. The highest BCUT2D eigenvalue weighted by Gasteiger charge is 2.13. The van der Waals surface area contributed by atoms with Crippen LogP contribution in [0.4, 0.5) is 11.4 Å². The van der Waals surface area contributed by atoms with Crippen LogP contribution in [-0.2, 0) is 0 Å². The van der Waals surface area contributed by atoms with E-state index in [2.05, 4.69) is 9.69 Å². The lowest BCUT2D eigenvalue weighted by Crippen LogP contribution is -1.90. The Balaban J connectivity index is 3.77. The van der Waals surface area contributed by atoms with Gasteiger partial charge in [-0.1, -0.05) is 49.9 Å². The van der Waals surface area contributed by atoms with Crippen molar-refractivity contribution in [3.05, 3.63) is 45.1 Å². The molecule has 0 aliphatic heterocycles. The van der Waals surface area contributed by atoms with Crippen molar-refractivity contribution in [2.45, 2.75) is 27.7 Å². The Kier molecular flexibility index (Phi) is 2.58. The van der Waals surface area contributed by atoms with Crippen molar-refractivity contribution in [2.24, 2.45) is 0 Å². The van der Waals surface area contributed by atoms with Gasteiger partial charge in [0.1, 0.15) is 0 Å². The molecule has 0 saturated heterocycles. The molecular weight excluding hydrogens is 172 g/mol. The molecule has 0 aliphatic carbocycles. The van der Waals surface area contributed by atoms with Crippen molar-refractivity contribution >= 4 is 11.4 Å². The molecule has 0 amide bonds. The summed E-state index contributed by atoms with van der Waals surface area (Å²) in [5.74, 6) is 0. The molecule has 0 saturated carbocycles. The van der Waals surface area contributed by atoms with Crippen LogP contribution < -0.4 is 0 Å². The summed E-state index contributed by atoms with van der Waals surface area (Å²) in [7, 11) is 0. The van der Waals surface area contributed by atoms with E-state index in [9.17, 15) is 0 Å². The Morgan fingerprint density at radius 1 is 0.643 bits per heavy atom. The van der Waals surface area contributed by atoms with Gasteiger partial charge in [-0.15, -0.1) is 0 Å². The lowest BCUT2D eigenvalue weighted by atomic mass is 9.96. The van der Waals surface area contributed by atoms with Crippen LogP contribution in [0.3, 0.4) is 0 Å². The monoisotopic (exact) mass is 184 g/mol. The Morgan fingerprint density at radius 3 is 1.00 bits per heavy atom. The molecule has 0 heterocycles. The molecule has 2 heteroatoms. The lowest BCUT2D eigenvalue weighted by molar-refractivity contribution is 1.27. The quantitative estimate of drug-likeness (QED) is 0.538. The molecule has 0 N–H and O–H groups in total. The number of hydrogen-bond acceptors (Lipinski definition) is 0. The van der Waals surface area contributed by atoms with E-state index < -0.39 is 0 Å². The third-order valence-electron chi connectivity index (χ3n) is 2.77. The summed E-state index contributed by atoms with van der Waals surface area (Å²) in [4.78, 5) is 7.03. The second-order valence-electron chi connectivity index (χ2n) is 3.42. The first-order valence-electron chi connectivity index (χ1n) is 4.39. The molecule has 70 valence electrons. The summed E-state index contributed by atoms with van der Waals surface area (Å²) in [5.41, 5.74) is 5.16. The Bertz CT molecular complexity index is 397. The zero-order valence-electron chi connectivity index (χ0n) is 8.89. The zero-order chi connectivity index (χ0) is 10.9. The van der Waals surface area contributed by atoms with Gasteiger partial charge in [-0.05, 0) is 0 Å². The number of benzene rings is 1. The van der Waals surface area contributed by atoms with Gasteiger partial charge in [0.25, 0.3) is 0 Å². The van der Waals surface area contributed by atoms with Gasteiger partial charge in [0.15, 0.2) is 11.4 Å². The molecule has 0 unspecified atom stereocenters. The Morgan fingerprint density at radius 2 is 0.857 bits per heavy atom. The maximum absolute atomic E-state index is 7.09. The minimum atomic E-state index is 0.701. The highest BCUT2D eigenvalue weighted by molar-refractivity contribution is 5.74. The fraction of sp³-hybridized carbons (Fsp3) is 0.333. The molecule has 1 rings (SSSR count). The number of hydrogen-bond donors (Lipinski definition) is 0. The van der Waals surface area contributed by atoms with E-state index in [1.807, 2.05) is 27.7 Å². The van der Waals surface area contributed by atoms with Crippen molar-refractivity contribution < 1.29 is 0 Å². The first-order valence-corrected chi connectivity index (χ1v) is 4.39. The predicted octanol–water partition coefficient (Wildman–Crippen LogP) is 4.02. The summed E-state index contributed by atoms with van der Waals surface area (Å²) >= 11 is 0. The molecular formula is C12H12N2. The maximum Gasteiger partial charge on any atom is 0.191 e. The minimum Gasteiger partial charge on any atom is -0.238 e. The summed E-state index contributed by atoms with van der Waals surface area (Å²) in [6, 6.07) is 0. The standard InChI is InChI=1S/C12H12N2/c1-7-8(2)12(14-6)10(4)9(3)11(7)13-5/h1-4H3. The fourth-order valence-electron chi connectivity index (χ4n) is 1.61. The molecule has 0 radical (unpaired) electrons. The Labute approximate surface area is 84.8 Å². The van der Waals surface area contributed by atoms with Crippen molar-refractivity contribution in [1.29, 1.82) is 0 Å². The first kappa shape index (κ1) is 10.3. The van der Waals surface area contributed by atoms with E-state index in [0.29, 0.717) is 11.4 Å². The lowest BCUT2D eigenvalue weighted by Gasteiger charge is -2.12. The highest BCUT2D eigenvalue weighted by atomic mass is 14.7. The molecule has 0 bridgehead atoms. The summed E-state index contributed by atoms with van der Waals surface area (Å²) in [6.07, 6.45) is 0. The summed E-state index contributed by atoms with van der Waals surface area (Å²) in [6.45, 7) is 21.8. The second kappa shape index (κ2) is 3.52. The van der Waals surface area contributed by atoms with E-state index in [-0.39, 0.29) is 0 Å². The zero-order valence-corrected chi connectivity index (χ0v) is 8.89. The van der Waals surface area contributed by atoms with E-state index >= 15 is 0 Å². The van der Waals surface area contributed by atoms with Crippen LogP contribution >= 0.6 is 0 Å². The summed E-state index contributed by atoms with van der Waals surface area (Å²) < 4.78 is 0. The molecule has 14 heavy (non-hydrogen) atoms. The van der Waals surface area contributed by atoms with Crippen molar-refractivity contribution in [3.8, 4) is 0 Å². The van der Waals surface area contributed by atoms with Gasteiger partial charge in [0, 0.05) is 0 Å². The number of nitrogens with zero attached hydrogens (tertiary/aromatic N) is 2. The fourth-order valence-corrected chi connectivity index (χ4v) is 1.61. The maximum atomic E-state index is 7.09. The van der Waals surface area contributed by atoms with Gasteiger partial charge in [-0.25, -0.2) is 9.69 Å². The largest absolute Gasteiger partial charge is 0.238 e. The van der Waals surface area contributed by atoms with Crippen LogP contribution in [-0.4, -0.2) is 0 Å². The molecule has 0 aromatic heterocycles. The third kappa shape index (κ3) is 1.26. The second-order valence-corrected chi connectivity index (χ2v) is 3.42. The van der Waals surface area contributed by atoms with Crippen LogP contribution in [0.15, 0.2) is 0 Å². The van der Waals surface area contributed by atoms with E-state index in [0.717, 1.165) is 22.3 Å². The topological polar surface area (TPSA) is 8.72 Å². The highest BCUT2D eigenvalue weighted by Crippen LogP contribution is 2.37. The first-order chi connectivity index (χ1) is 6.54. The van der Waals surface area contributed by atoms with Gasteiger partial charge < -0.3 is 0 Å². The summed E-state index contributed by atoms with van der Waals surface area (Å²) in [5, 5.41) is 0. The molecule has 1 aromatic rings. The van der Waals surface area contributed by atoms with Gasteiger partial charge in [-0.3, -0.25) is 0 Å². The van der Waals surface area contributed by atoms with Gasteiger partial charge in [-0.2, -0.15) is 0 Å². The van der Waals surface area contributed by atoms with E-state index in [1.54, 1.807) is 0 Å². The molecule has 2 nitrogen and oxygen atoms in total. The van der Waals surface area contributed by atoms with Gasteiger partial charge in [0.2, 0.25) is 0 Å². The van der Waals surface area contributed by atoms with Crippen LogP contribution in [0.5, 0.6) is 0 Å². The Hall–Kier alpha value is -1.80. The van der Waals surface area contributed by atoms with E-state index in [1.165, 1.54) is 0 Å². The molecule has 0 atom stereocenters. The molecule has 0 aliphatic rings. The molecule has 1 aromatic carbocycles. The van der Waals surface area contributed by atoms with E-state index in [4.69, 9.17) is 13.1 Å². The van der Waals surface area contributed by atoms with Gasteiger partial charge in [0.05, 0.1) is 13.1 Å². The number of rotatable bonds is 0. The van der Waals surface area contributed by atoms with Crippen LogP contribution in [0.25, 0.3) is 9.69 Å². The average Bonchev–Trinajstić information content (AvgIpc) is 2.17. The SMILES string of the molecule is [C-]#[N+]c1c(C)c(C)c([N+]#[C-])c(C)c1C. The van der Waals surface area contributed by atoms with Gasteiger partial charge >= 0.3 is 0 Å². The van der Waals surface area contributed by atoms with Crippen LogP contribution in [0.1, 0.15) is 22.3 Å². The van der Waals surface area contributed by atoms with Crippen LogP contribution in [0, 0.1) is 40.8 Å². The predicted molar refractivity (Wildman–Crippen MR) is 57.9 cm³/mol. The van der Waals surface area contributed by atoms with Crippen LogP contribution in [0.2, 0.25) is 0 Å². The average molecular weight is 184 g/mol. The molecule has 0 spiro atoms. The van der Waals surface area contributed by atoms with Crippen molar-refractivity contribution in [3.63, 3.8) is 0 Å². The van der Waals surface area contributed by atoms with Crippen molar-refractivity contribution in [2.75, 3.05) is 0 Å². The minimum absolute atomic E-state index is 0.701. The molecule has 0 fully saturated rings.